The first-order chi connectivity index (χ1) is 6.27. The molecular formula is C10H19NO2. The second-order valence-corrected chi connectivity index (χ2v) is 4.40. The third kappa shape index (κ3) is 1.87. The fraction of sp³-hybridized carbons (Fsp3) is 1.00. The van der Waals surface area contributed by atoms with E-state index in [2.05, 4.69) is 5.32 Å². The van der Waals surface area contributed by atoms with Crippen LogP contribution in [0.5, 0.6) is 0 Å². The van der Waals surface area contributed by atoms with Gasteiger partial charge in [-0.2, -0.15) is 0 Å². The van der Waals surface area contributed by atoms with Crippen molar-refractivity contribution in [1.29, 1.82) is 0 Å². The van der Waals surface area contributed by atoms with Crippen molar-refractivity contribution in [1.82, 2.24) is 5.32 Å². The number of aliphatic hydroxyl groups is 1. The third-order valence-corrected chi connectivity index (χ3v) is 3.42. The van der Waals surface area contributed by atoms with Gasteiger partial charge < -0.3 is 15.2 Å². The van der Waals surface area contributed by atoms with E-state index in [9.17, 15) is 5.11 Å². The molecule has 2 atom stereocenters. The Kier molecular flexibility index (Phi) is 2.58. The molecule has 0 aromatic heterocycles. The Morgan fingerprint density at radius 1 is 1.54 bits per heavy atom. The van der Waals surface area contributed by atoms with Crippen molar-refractivity contribution in [2.24, 2.45) is 5.92 Å². The van der Waals surface area contributed by atoms with Crippen molar-refractivity contribution in [3.8, 4) is 0 Å². The molecule has 2 N–H and O–H groups in total. The van der Waals surface area contributed by atoms with Crippen LogP contribution in [0.1, 0.15) is 26.2 Å². The Bertz CT molecular complexity index is 182. The van der Waals surface area contributed by atoms with E-state index in [0.29, 0.717) is 0 Å². The second kappa shape index (κ2) is 3.56. The van der Waals surface area contributed by atoms with Crippen LogP contribution in [0.15, 0.2) is 0 Å². The molecule has 0 amide bonds. The molecule has 3 nitrogen and oxygen atoms in total. The van der Waals surface area contributed by atoms with E-state index in [1.165, 1.54) is 12.8 Å². The molecule has 1 heterocycles. The molecule has 0 bridgehead atoms. The van der Waals surface area contributed by atoms with E-state index >= 15 is 0 Å². The monoisotopic (exact) mass is 185 g/mol. The van der Waals surface area contributed by atoms with Crippen LogP contribution < -0.4 is 5.32 Å². The molecule has 2 aliphatic rings. The SMILES string of the molecule is CC1OCCC1(CO)NCC1CC1. The predicted octanol–water partition coefficient (Wildman–Crippen LogP) is 0.526. The lowest BCUT2D eigenvalue weighted by atomic mass is 9.93. The van der Waals surface area contributed by atoms with E-state index in [1.54, 1.807) is 0 Å². The van der Waals surface area contributed by atoms with E-state index in [0.717, 1.165) is 25.5 Å². The summed E-state index contributed by atoms with van der Waals surface area (Å²) in [6, 6.07) is 0. The highest BCUT2D eigenvalue weighted by molar-refractivity contribution is 4.98. The van der Waals surface area contributed by atoms with Crippen molar-refractivity contribution >= 4 is 0 Å². The van der Waals surface area contributed by atoms with Gasteiger partial charge in [0.1, 0.15) is 0 Å². The molecule has 13 heavy (non-hydrogen) atoms. The average Bonchev–Trinajstić information content (AvgIpc) is 2.89. The summed E-state index contributed by atoms with van der Waals surface area (Å²) in [6.45, 7) is 4.07. The highest BCUT2D eigenvalue weighted by Crippen LogP contribution is 2.31. The molecule has 1 aliphatic heterocycles. The highest BCUT2D eigenvalue weighted by atomic mass is 16.5. The molecule has 76 valence electrons. The zero-order valence-electron chi connectivity index (χ0n) is 8.25. The van der Waals surface area contributed by atoms with Crippen molar-refractivity contribution in [2.45, 2.75) is 37.8 Å². The second-order valence-electron chi connectivity index (χ2n) is 4.40. The number of hydrogen-bond acceptors (Lipinski definition) is 3. The first kappa shape index (κ1) is 9.44. The number of nitrogens with one attached hydrogen (secondary N) is 1. The Morgan fingerprint density at radius 3 is 2.77 bits per heavy atom. The van der Waals surface area contributed by atoms with Gasteiger partial charge in [0.15, 0.2) is 0 Å². The smallest absolute Gasteiger partial charge is 0.0751 e. The van der Waals surface area contributed by atoms with Gasteiger partial charge in [0.25, 0.3) is 0 Å². The van der Waals surface area contributed by atoms with Gasteiger partial charge in [-0.05, 0) is 38.6 Å². The Morgan fingerprint density at radius 2 is 2.31 bits per heavy atom. The summed E-state index contributed by atoms with van der Waals surface area (Å²) in [7, 11) is 0. The lowest BCUT2D eigenvalue weighted by molar-refractivity contribution is 0.0533. The maximum absolute atomic E-state index is 9.38. The van der Waals surface area contributed by atoms with Gasteiger partial charge in [-0.15, -0.1) is 0 Å². The minimum atomic E-state index is -0.150. The topological polar surface area (TPSA) is 41.5 Å². The third-order valence-electron chi connectivity index (χ3n) is 3.42. The zero-order chi connectivity index (χ0) is 9.31. The lowest BCUT2D eigenvalue weighted by Crippen LogP contribution is -2.54. The highest BCUT2D eigenvalue weighted by Gasteiger charge is 2.41. The van der Waals surface area contributed by atoms with Crippen LogP contribution in [0.4, 0.5) is 0 Å². The molecule has 3 heteroatoms. The normalized spacial score (nSPS) is 39.7. The Balaban J connectivity index is 1.88. The lowest BCUT2D eigenvalue weighted by Gasteiger charge is -2.31. The van der Waals surface area contributed by atoms with Crippen molar-refractivity contribution < 1.29 is 9.84 Å². The predicted molar refractivity (Wildman–Crippen MR) is 50.6 cm³/mol. The number of hydrogen-bond donors (Lipinski definition) is 2. The average molecular weight is 185 g/mol. The number of rotatable bonds is 4. The fourth-order valence-electron chi connectivity index (χ4n) is 1.95. The molecule has 0 aromatic carbocycles. The van der Waals surface area contributed by atoms with Crippen LogP contribution in [0.2, 0.25) is 0 Å². The number of ether oxygens (including phenoxy) is 1. The van der Waals surface area contributed by atoms with Gasteiger partial charge in [-0.25, -0.2) is 0 Å². The first-order valence-corrected chi connectivity index (χ1v) is 5.24. The van der Waals surface area contributed by atoms with E-state index in [4.69, 9.17) is 4.74 Å². The van der Waals surface area contributed by atoms with Crippen molar-refractivity contribution in [3.63, 3.8) is 0 Å². The zero-order valence-corrected chi connectivity index (χ0v) is 8.25. The molecule has 0 spiro atoms. The van der Waals surface area contributed by atoms with Crippen LogP contribution in [-0.4, -0.2) is 36.5 Å². The van der Waals surface area contributed by atoms with Gasteiger partial charge in [0.05, 0.1) is 18.2 Å². The summed E-state index contributed by atoms with van der Waals surface area (Å²) in [5.74, 6) is 0.858. The largest absolute Gasteiger partial charge is 0.394 e. The molecule has 2 unspecified atom stereocenters. The first-order valence-electron chi connectivity index (χ1n) is 5.24. The van der Waals surface area contributed by atoms with Gasteiger partial charge >= 0.3 is 0 Å². The van der Waals surface area contributed by atoms with Gasteiger partial charge in [-0.3, -0.25) is 0 Å². The molecule has 1 saturated carbocycles. The van der Waals surface area contributed by atoms with E-state index < -0.39 is 0 Å². The standard InChI is InChI=1S/C10H19NO2/c1-8-10(7-12,4-5-13-8)11-6-9-2-3-9/h8-9,11-12H,2-7H2,1H3. The van der Waals surface area contributed by atoms with Gasteiger partial charge in [0, 0.05) is 6.61 Å². The minimum Gasteiger partial charge on any atom is -0.394 e. The maximum Gasteiger partial charge on any atom is 0.0751 e. The van der Waals surface area contributed by atoms with Crippen LogP contribution in [0.25, 0.3) is 0 Å². The molecular weight excluding hydrogens is 166 g/mol. The summed E-state index contributed by atoms with van der Waals surface area (Å²) in [4.78, 5) is 0. The quantitative estimate of drug-likeness (QED) is 0.671. The minimum absolute atomic E-state index is 0.149. The summed E-state index contributed by atoms with van der Waals surface area (Å²) < 4.78 is 5.49. The van der Waals surface area contributed by atoms with Crippen molar-refractivity contribution in [2.75, 3.05) is 19.8 Å². The van der Waals surface area contributed by atoms with Gasteiger partial charge in [-0.1, -0.05) is 0 Å². The Hall–Kier alpha value is -0.120. The fourth-order valence-corrected chi connectivity index (χ4v) is 1.95. The van der Waals surface area contributed by atoms with Crippen LogP contribution in [0.3, 0.4) is 0 Å². The summed E-state index contributed by atoms with van der Waals surface area (Å²) in [5, 5.41) is 12.9. The molecule has 1 aliphatic carbocycles. The molecule has 0 aromatic rings. The molecule has 2 rings (SSSR count). The van der Waals surface area contributed by atoms with Crippen LogP contribution in [0, 0.1) is 5.92 Å². The van der Waals surface area contributed by atoms with Crippen LogP contribution in [-0.2, 0) is 4.74 Å². The van der Waals surface area contributed by atoms with Crippen LogP contribution >= 0.6 is 0 Å². The maximum atomic E-state index is 9.38. The molecule has 2 fully saturated rings. The summed E-state index contributed by atoms with van der Waals surface area (Å²) in [6.07, 6.45) is 3.79. The summed E-state index contributed by atoms with van der Waals surface area (Å²) >= 11 is 0. The van der Waals surface area contributed by atoms with Crippen molar-refractivity contribution in [3.05, 3.63) is 0 Å². The number of aliphatic hydroxyl groups excluding tert-OH is 1. The molecule has 0 radical (unpaired) electrons. The van der Waals surface area contributed by atoms with E-state index in [-0.39, 0.29) is 18.2 Å². The van der Waals surface area contributed by atoms with Gasteiger partial charge in [0.2, 0.25) is 0 Å². The summed E-state index contributed by atoms with van der Waals surface area (Å²) in [5.41, 5.74) is -0.150. The Labute approximate surface area is 79.5 Å². The molecule has 1 saturated heterocycles. The van der Waals surface area contributed by atoms with E-state index in [1.807, 2.05) is 6.92 Å².